The van der Waals surface area contributed by atoms with Gasteiger partial charge < -0.3 is 25.4 Å². The second kappa shape index (κ2) is 8.71. The maximum absolute atomic E-state index is 13.2. The Balaban J connectivity index is 1.93. The molecule has 0 bridgehead atoms. The molecular formula is C20H21F2N3O3S. The highest BCUT2D eigenvalue weighted by molar-refractivity contribution is 7.80. The molecule has 2 aromatic rings. The molecule has 1 aliphatic heterocycles. The fraction of sp³-hybridized carbons (Fsp3) is 0.300. The van der Waals surface area contributed by atoms with Gasteiger partial charge in [-0.15, -0.1) is 0 Å². The largest absolute Gasteiger partial charge is 0.435 e. The summed E-state index contributed by atoms with van der Waals surface area (Å²) < 4.78 is 34.9. The minimum Gasteiger partial charge on any atom is -0.435 e. The molecule has 1 amide bonds. The number of alkyl halides is 2. The normalized spacial score (nSPS) is 23.8. The Labute approximate surface area is 172 Å². The van der Waals surface area contributed by atoms with E-state index in [1.165, 1.54) is 19.2 Å². The van der Waals surface area contributed by atoms with E-state index < -0.39 is 24.3 Å². The summed E-state index contributed by atoms with van der Waals surface area (Å²) in [4.78, 5) is 13.2. The second-order valence-corrected chi connectivity index (χ2v) is 7.08. The van der Waals surface area contributed by atoms with Crippen molar-refractivity contribution in [3.05, 3.63) is 60.2 Å². The number of hydrogen-bond acceptors (Lipinski definition) is 4. The average Bonchev–Trinajstić information content (AvgIpc) is 2.68. The smallest absolute Gasteiger partial charge is 0.387 e. The van der Waals surface area contributed by atoms with Gasteiger partial charge in [-0.05, 0) is 49.0 Å². The predicted octanol–water partition coefficient (Wildman–Crippen LogP) is 3.42. The van der Waals surface area contributed by atoms with Crippen LogP contribution in [0.1, 0.15) is 18.5 Å². The molecule has 1 aliphatic rings. The first-order valence-electron chi connectivity index (χ1n) is 8.87. The molecule has 3 atom stereocenters. The SMILES string of the molecule is CO[C@]1(C)NC(=S)N[C@@H](c2ccc(OC(F)F)cc2)[C@H]1C(=O)Nc1ccccc1. The van der Waals surface area contributed by atoms with Crippen LogP contribution in [0.4, 0.5) is 14.5 Å². The number of rotatable bonds is 6. The van der Waals surface area contributed by atoms with Gasteiger partial charge >= 0.3 is 6.61 Å². The van der Waals surface area contributed by atoms with Crippen LogP contribution in [0, 0.1) is 5.92 Å². The van der Waals surface area contributed by atoms with Crippen LogP contribution in [0.25, 0.3) is 0 Å². The summed E-state index contributed by atoms with van der Waals surface area (Å²) in [6.45, 7) is -1.18. The second-order valence-electron chi connectivity index (χ2n) is 6.67. The number of ether oxygens (including phenoxy) is 2. The van der Waals surface area contributed by atoms with E-state index >= 15 is 0 Å². The van der Waals surface area contributed by atoms with Crippen LogP contribution in [0.2, 0.25) is 0 Å². The van der Waals surface area contributed by atoms with E-state index in [2.05, 4.69) is 20.7 Å². The van der Waals surface area contributed by atoms with E-state index in [0.717, 1.165) is 0 Å². The average molecular weight is 421 g/mol. The number of para-hydroxylation sites is 1. The number of anilines is 1. The van der Waals surface area contributed by atoms with E-state index in [1.54, 1.807) is 31.2 Å². The molecule has 0 aromatic heterocycles. The molecule has 0 unspecified atom stereocenters. The molecule has 2 aromatic carbocycles. The number of benzene rings is 2. The maximum Gasteiger partial charge on any atom is 0.387 e. The van der Waals surface area contributed by atoms with Gasteiger partial charge in [0.05, 0.1) is 6.04 Å². The van der Waals surface area contributed by atoms with Crippen LogP contribution in [0.3, 0.4) is 0 Å². The first kappa shape index (κ1) is 20.9. The fourth-order valence-corrected chi connectivity index (χ4v) is 3.66. The minimum atomic E-state index is -2.91. The third-order valence-electron chi connectivity index (χ3n) is 4.79. The topological polar surface area (TPSA) is 71.6 Å². The zero-order chi connectivity index (χ0) is 21.0. The van der Waals surface area contributed by atoms with Gasteiger partial charge in [0, 0.05) is 12.8 Å². The van der Waals surface area contributed by atoms with Gasteiger partial charge in [-0.2, -0.15) is 8.78 Å². The van der Waals surface area contributed by atoms with Crippen LogP contribution < -0.4 is 20.7 Å². The highest BCUT2D eigenvalue weighted by Crippen LogP contribution is 2.36. The van der Waals surface area contributed by atoms with Crippen molar-refractivity contribution in [1.82, 2.24) is 10.6 Å². The minimum absolute atomic E-state index is 0.0278. The zero-order valence-corrected chi connectivity index (χ0v) is 16.6. The Hall–Kier alpha value is -2.78. The van der Waals surface area contributed by atoms with Crippen LogP contribution in [-0.4, -0.2) is 30.5 Å². The molecule has 29 heavy (non-hydrogen) atoms. The summed E-state index contributed by atoms with van der Waals surface area (Å²) in [5.74, 6) is -0.998. The molecular weight excluding hydrogens is 400 g/mol. The monoisotopic (exact) mass is 421 g/mol. The first-order chi connectivity index (χ1) is 13.8. The van der Waals surface area contributed by atoms with Crippen LogP contribution >= 0.6 is 12.2 Å². The van der Waals surface area contributed by atoms with Crippen LogP contribution in [0.5, 0.6) is 5.75 Å². The number of methoxy groups -OCH3 is 1. The van der Waals surface area contributed by atoms with Gasteiger partial charge in [0.1, 0.15) is 11.7 Å². The molecule has 3 rings (SSSR count). The van der Waals surface area contributed by atoms with Crippen molar-refractivity contribution < 1.29 is 23.0 Å². The lowest BCUT2D eigenvalue weighted by Gasteiger charge is -2.46. The lowest BCUT2D eigenvalue weighted by Crippen LogP contribution is -2.66. The fourth-order valence-electron chi connectivity index (χ4n) is 3.34. The summed E-state index contributed by atoms with van der Waals surface area (Å²) in [5.41, 5.74) is 0.222. The quantitative estimate of drug-likeness (QED) is 0.621. The Bertz CT molecular complexity index is 867. The van der Waals surface area contributed by atoms with Gasteiger partial charge in [-0.3, -0.25) is 4.79 Å². The first-order valence-corrected chi connectivity index (χ1v) is 9.28. The highest BCUT2D eigenvalue weighted by atomic mass is 32.1. The predicted molar refractivity (Wildman–Crippen MR) is 109 cm³/mol. The van der Waals surface area contributed by atoms with Crippen molar-refractivity contribution in [3.63, 3.8) is 0 Å². The standard InChI is InChI=1S/C20H21F2N3O3S/c1-20(27-2)15(17(26)23-13-6-4-3-5-7-13)16(24-19(29)25-20)12-8-10-14(11-9-12)28-18(21)22/h3-11,15-16,18H,1-2H3,(H,23,26)(H2,24,25,29)/t15-,16-,20-/m0/s1. The summed E-state index contributed by atoms with van der Waals surface area (Å²) in [6.07, 6.45) is 0. The third-order valence-corrected chi connectivity index (χ3v) is 5.01. The Morgan fingerprint density at radius 2 is 1.83 bits per heavy atom. The molecule has 9 heteroatoms. The van der Waals surface area contributed by atoms with Crippen molar-refractivity contribution >= 4 is 28.9 Å². The van der Waals surface area contributed by atoms with E-state index in [1.807, 2.05) is 18.2 Å². The number of amides is 1. The molecule has 0 aliphatic carbocycles. The number of carbonyl (C=O) groups excluding carboxylic acids is 1. The lowest BCUT2D eigenvalue weighted by molar-refractivity contribution is -0.137. The van der Waals surface area contributed by atoms with Gasteiger partial charge in [0.25, 0.3) is 0 Å². The molecule has 0 spiro atoms. The van der Waals surface area contributed by atoms with Crippen molar-refractivity contribution in [2.75, 3.05) is 12.4 Å². The van der Waals surface area contributed by atoms with Crippen molar-refractivity contribution in [2.45, 2.75) is 25.3 Å². The van der Waals surface area contributed by atoms with Crippen molar-refractivity contribution in [2.24, 2.45) is 5.92 Å². The number of halogens is 2. The van der Waals surface area contributed by atoms with Crippen molar-refractivity contribution in [1.29, 1.82) is 0 Å². The number of hydrogen-bond donors (Lipinski definition) is 3. The molecule has 1 fully saturated rings. The number of nitrogens with one attached hydrogen (secondary N) is 3. The molecule has 1 saturated heterocycles. The summed E-state index contributed by atoms with van der Waals surface area (Å²) in [7, 11) is 1.49. The molecule has 1 heterocycles. The number of carbonyl (C=O) groups is 1. The molecule has 0 saturated carbocycles. The van der Waals surface area contributed by atoms with E-state index in [9.17, 15) is 13.6 Å². The van der Waals surface area contributed by atoms with E-state index in [-0.39, 0.29) is 11.7 Å². The van der Waals surface area contributed by atoms with Crippen LogP contribution in [-0.2, 0) is 9.53 Å². The molecule has 6 nitrogen and oxygen atoms in total. The lowest BCUT2D eigenvalue weighted by atomic mass is 9.82. The molecule has 154 valence electrons. The van der Waals surface area contributed by atoms with Gasteiger partial charge in [0.2, 0.25) is 5.91 Å². The Kier molecular flexibility index (Phi) is 6.29. The van der Waals surface area contributed by atoms with E-state index in [4.69, 9.17) is 17.0 Å². The summed E-state index contributed by atoms with van der Waals surface area (Å²) in [6, 6.07) is 14.6. The maximum atomic E-state index is 13.2. The molecule has 3 N–H and O–H groups in total. The van der Waals surface area contributed by atoms with Gasteiger partial charge in [-0.1, -0.05) is 30.3 Å². The third kappa shape index (κ3) is 4.80. The molecule has 0 radical (unpaired) electrons. The summed E-state index contributed by atoms with van der Waals surface area (Å²) in [5, 5.41) is 9.30. The Morgan fingerprint density at radius 1 is 1.17 bits per heavy atom. The van der Waals surface area contributed by atoms with Gasteiger partial charge in [-0.25, -0.2) is 0 Å². The van der Waals surface area contributed by atoms with Crippen LogP contribution in [0.15, 0.2) is 54.6 Å². The zero-order valence-electron chi connectivity index (χ0n) is 15.8. The summed E-state index contributed by atoms with van der Waals surface area (Å²) >= 11 is 5.29. The van der Waals surface area contributed by atoms with Gasteiger partial charge in [0.15, 0.2) is 10.8 Å². The van der Waals surface area contributed by atoms with Crippen molar-refractivity contribution in [3.8, 4) is 5.75 Å². The highest BCUT2D eigenvalue weighted by Gasteiger charge is 2.49. The number of thiocarbonyl (C=S) groups is 1. The Morgan fingerprint density at radius 3 is 2.41 bits per heavy atom. The van der Waals surface area contributed by atoms with E-state index in [0.29, 0.717) is 16.4 Å².